The van der Waals surface area contributed by atoms with Crippen LogP contribution in [0.15, 0.2) is 0 Å². The molecule has 0 aromatic rings. The summed E-state index contributed by atoms with van der Waals surface area (Å²) in [6.45, 7) is 3.69. The Morgan fingerprint density at radius 3 is 2.37 bits per heavy atom. The smallest absolute Gasteiger partial charge is 0.225 e. The monoisotopic (exact) mass is 377 g/mol. The minimum absolute atomic E-state index is 0.124. The molecule has 1 heterocycles. The molecule has 0 spiro atoms. The highest BCUT2D eigenvalue weighted by atomic mass is 16.2. The largest absolute Gasteiger partial charge is 0.353 e. The molecule has 2 unspecified atom stereocenters. The number of amides is 2. The highest BCUT2D eigenvalue weighted by Gasteiger charge is 2.35. The van der Waals surface area contributed by atoms with Crippen molar-refractivity contribution in [1.82, 2.24) is 10.2 Å². The van der Waals surface area contributed by atoms with Crippen LogP contribution in [0.3, 0.4) is 0 Å². The number of carbonyl (C=O) groups excluding carboxylic acids is 2. The van der Waals surface area contributed by atoms with E-state index in [9.17, 15) is 9.59 Å². The second kappa shape index (κ2) is 9.90. The lowest BCUT2D eigenvalue weighted by atomic mass is 9.83. The Labute approximate surface area is 164 Å². The molecule has 154 valence electrons. The number of nitrogens with two attached hydrogens (primary N) is 1. The summed E-state index contributed by atoms with van der Waals surface area (Å²) in [7, 11) is 0. The molecule has 27 heavy (non-hydrogen) atoms. The van der Waals surface area contributed by atoms with Gasteiger partial charge in [-0.05, 0) is 63.2 Å². The first-order chi connectivity index (χ1) is 13.1. The Morgan fingerprint density at radius 1 is 1.00 bits per heavy atom. The molecule has 5 nitrogen and oxygen atoms in total. The van der Waals surface area contributed by atoms with Crippen LogP contribution in [0.25, 0.3) is 0 Å². The van der Waals surface area contributed by atoms with Gasteiger partial charge in [-0.2, -0.15) is 0 Å². The van der Waals surface area contributed by atoms with E-state index in [4.69, 9.17) is 5.73 Å². The van der Waals surface area contributed by atoms with Gasteiger partial charge in [-0.15, -0.1) is 0 Å². The van der Waals surface area contributed by atoms with Gasteiger partial charge >= 0.3 is 0 Å². The first kappa shape index (κ1) is 20.6. The summed E-state index contributed by atoms with van der Waals surface area (Å²) in [5.41, 5.74) is 5.94. The van der Waals surface area contributed by atoms with E-state index < -0.39 is 0 Å². The molecule has 0 aromatic heterocycles. The molecular weight excluding hydrogens is 338 g/mol. The van der Waals surface area contributed by atoms with Gasteiger partial charge in [-0.25, -0.2) is 0 Å². The van der Waals surface area contributed by atoms with Gasteiger partial charge in [0.05, 0.1) is 0 Å². The van der Waals surface area contributed by atoms with Gasteiger partial charge in [-0.1, -0.05) is 26.2 Å². The highest BCUT2D eigenvalue weighted by molar-refractivity contribution is 5.79. The fourth-order valence-corrected chi connectivity index (χ4v) is 5.42. The zero-order chi connectivity index (χ0) is 19.2. The van der Waals surface area contributed by atoms with Crippen molar-refractivity contribution in [2.75, 3.05) is 13.1 Å². The van der Waals surface area contributed by atoms with Crippen LogP contribution in [0.4, 0.5) is 0 Å². The van der Waals surface area contributed by atoms with Crippen LogP contribution in [0, 0.1) is 17.8 Å². The van der Waals surface area contributed by atoms with E-state index in [-0.39, 0.29) is 23.9 Å². The van der Waals surface area contributed by atoms with Gasteiger partial charge in [0.1, 0.15) is 0 Å². The molecule has 2 atom stereocenters. The number of nitrogens with zero attached hydrogens (tertiary/aromatic N) is 1. The Balaban J connectivity index is 1.41. The molecule has 2 saturated carbocycles. The maximum atomic E-state index is 13.0. The van der Waals surface area contributed by atoms with Crippen molar-refractivity contribution in [3.8, 4) is 0 Å². The first-order valence-electron chi connectivity index (χ1n) is 11.4. The quantitative estimate of drug-likeness (QED) is 0.772. The average molecular weight is 378 g/mol. The van der Waals surface area contributed by atoms with Crippen molar-refractivity contribution in [3.63, 3.8) is 0 Å². The number of hydrogen-bond acceptors (Lipinski definition) is 3. The molecule has 0 bridgehead atoms. The summed E-state index contributed by atoms with van der Waals surface area (Å²) in [6, 6.07) is 0.478. The summed E-state index contributed by atoms with van der Waals surface area (Å²) in [5, 5.41) is 3.25. The van der Waals surface area contributed by atoms with Gasteiger partial charge in [-0.3, -0.25) is 9.59 Å². The number of rotatable bonds is 5. The van der Waals surface area contributed by atoms with Gasteiger partial charge < -0.3 is 16.0 Å². The predicted molar refractivity (Wildman–Crippen MR) is 108 cm³/mol. The summed E-state index contributed by atoms with van der Waals surface area (Å²) in [6.07, 6.45) is 12.8. The van der Waals surface area contributed by atoms with E-state index in [1.54, 1.807) is 0 Å². The number of piperidine rings is 1. The third kappa shape index (κ3) is 5.69. The van der Waals surface area contributed by atoms with E-state index in [0.29, 0.717) is 30.7 Å². The van der Waals surface area contributed by atoms with Crippen LogP contribution >= 0.6 is 0 Å². The van der Waals surface area contributed by atoms with Crippen molar-refractivity contribution in [2.45, 2.75) is 96.1 Å². The van der Waals surface area contributed by atoms with Gasteiger partial charge in [0.2, 0.25) is 11.8 Å². The molecule has 2 amide bonds. The van der Waals surface area contributed by atoms with Crippen LogP contribution in [0.1, 0.15) is 84.0 Å². The maximum absolute atomic E-state index is 13.0. The van der Waals surface area contributed by atoms with Crippen molar-refractivity contribution in [3.05, 3.63) is 0 Å². The Hall–Kier alpha value is -1.10. The second-order valence-corrected chi connectivity index (χ2v) is 9.37. The molecule has 3 N–H and O–H groups in total. The molecule has 2 aliphatic carbocycles. The first-order valence-corrected chi connectivity index (χ1v) is 11.4. The van der Waals surface area contributed by atoms with Crippen molar-refractivity contribution < 1.29 is 9.59 Å². The van der Waals surface area contributed by atoms with Gasteiger partial charge in [0.25, 0.3) is 0 Å². The van der Waals surface area contributed by atoms with E-state index in [0.717, 1.165) is 45.1 Å². The SMILES string of the molecule is CC1CCN(C(=O)C2CCC(NC(=O)CC3CCCCC3)CC2)C(CN)C1. The van der Waals surface area contributed by atoms with Crippen LogP contribution in [-0.4, -0.2) is 41.9 Å². The average Bonchev–Trinajstić information content (AvgIpc) is 2.68. The standard InChI is InChI=1S/C22H39N3O2/c1-16-11-12-25(20(13-16)15-23)22(27)18-7-9-19(10-8-18)24-21(26)14-17-5-3-2-4-6-17/h16-20H,2-15,23H2,1H3,(H,24,26). The van der Waals surface area contributed by atoms with Crippen LogP contribution in [0.5, 0.6) is 0 Å². The predicted octanol–water partition coefficient (Wildman–Crippen LogP) is 3.22. The summed E-state index contributed by atoms with van der Waals surface area (Å²) in [5.74, 6) is 1.91. The van der Waals surface area contributed by atoms with E-state index >= 15 is 0 Å². The van der Waals surface area contributed by atoms with Gasteiger partial charge in [0.15, 0.2) is 0 Å². The minimum atomic E-state index is 0.124. The third-order valence-electron chi connectivity index (χ3n) is 7.17. The summed E-state index contributed by atoms with van der Waals surface area (Å²) >= 11 is 0. The number of nitrogens with one attached hydrogen (secondary N) is 1. The molecule has 0 aromatic carbocycles. The minimum Gasteiger partial charge on any atom is -0.353 e. The topological polar surface area (TPSA) is 75.4 Å². The molecule has 1 saturated heterocycles. The molecule has 1 aliphatic heterocycles. The molecule has 3 aliphatic rings. The second-order valence-electron chi connectivity index (χ2n) is 9.37. The normalized spacial score (nSPS) is 32.9. The summed E-state index contributed by atoms with van der Waals surface area (Å²) < 4.78 is 0. The molecular formula is C22H39N3O2. The zero-order valence-corrected chi connectivity index (χ0v) is 17.1. The lowest BCUT2D eigenvalue weighted by molar-refractivity contribution is -0.140. The van der Waals surface area contributed by atoms with Crippen LogP contribution in [-0.2, 0) is 9.59 Å². The number of likely N-dealkylation sites (tertiary alicyclic amines) is 1. The Kier molecular flexibility index (Phi) is 7.57. The third-order valence-corrected chi connectivity index (χ3v) is 7.17. The lowest BCUT2D eigenvalue weighted by Gasteiger charge is -2.41. The molecule has 3 rings (SSSR count). The number of hydrogen-bond donors (Lipinski definition) is 2. The lowest BCUT2D eigenvalue weighted by Crippen LogP contribution is -2.52. The van der Waals surface area contributed by atoms with Crippen molar-refractivity contribution in [2.24, 2.45) is 23.5 Å². The zero-order valence-electron chi connectivity index (χ0n) is 17.1. The van der Waals surface area contributed by atoms with E-state index in [1.807, 2.05) is 0 Å². The molecule has 5 heteroatoms. The number of carbonyl (C=O) groups is 2. The fourth-order valence-electron chi connectivity index (χ4n) is 5.42. The molecule has 0 radical (unpaired) electrons. The van der Waals surface area contributed by atoms with Crippen LogP contribution < -0.4 is 11.1 Å². The molecule has 3 fully saturated rings. The van der Waals surface area contributed by atoms with Crippen molar-refractivity contribution in [1.29, 1.82) is 0 Å². The van der Waals surface area contributed by atoms with Gasteiger partial charge in [0, 0.05) is 37.5 Å². The maximum Gasteiger partial charge on any atom is 0.225 e. The Bertz CT molecular complexity index is 496. The highest BCUT2D eigenvalue weighted by Crippen LogP contribution is 2.31. The van der Waals surface area contributed by atoms with E-state index in [1.165, 1.54) is 32.1 Å². The Morgan fingerprint density at radius 2 is 1.70 bits per heavy atom. The van der Waals surface area contributed by atoms with E-state index in [2.05, 4.69) is 17.1 Å². The van der Waals surface area contributed by atoms with Crippen LogP contribution in [0.2, 0.25) is 0 Å². The summed E-state index contributed by atoms with van der Waals surface area (Å²) in [4.78, 5) is 27.4. The van der Waals surface area contributed by atoms with Crippen molar-refractivity contribution >= 4 is 11.8 Å². The fraction of sp³-hybridized carbons (Fsp3) is 0.909.